The first-order valence-corrected chi connectivity index (χ1v) is 6.79. The molecular formula is C16H12FN3O. The van der Waals surface area contributed by atoms with Crippen molar-refractivity contribution in [3.05, 3.63) is 64.3 Å². The van der Waals surface area contributed by atoms with E-state index in [2.05, 4.69) is 10.4 Å². The quantitative estimate of drug-likeness (QED) is 0.745. The third-order valence-electron chi connectivity index (χ3n) is 3.74. The molecule has 1 aliphatic rings. The van der Waals surface area contributed by atoms with Crippen molar-refractivity contribution in [1.82, 2.24) is 9.78 Å². The van der Waals surface area contributed by atoms with Crippen molar-refractivity contribution in [1.29, 1.82) is 0 Å². The lowest BCUT2D eigenvalue weighted by atomic mass is 10.0. The van der Waals surface area contributed by atoms with Crippen molar-refractivity contribution in [2.45, 2.75) is 6.42 Å². The fourth-order valence-electron chi connectivity index (χ4n) is 2.77. The van der Waals surface area contributed by atoms with Crippen LogP contribution in [0.3, 0.4) is 0 Å². The fraction of sp³-hybridized carbons (Fsp3) is 0.125. The minimum absolute atomic E-state index is 0.189. The molecule has 0 amide bonds. The van der Waals surface area contributed by atoms with Gasteiger partial charge in [-0.2, -0.15) is 9.78 Å². The highest BCUT2D eigenvalue weighted by molar-refractivity contribution is 5.96. The molecule has 5 heteroatoms. The van der Waals surface area contributed by atoms with E-state index in [0.29, 0.717) is 11.1 Å². The monoisotopic (exact) mass is 281 g/mol. The predicted octanol–water partition coefficient (Wildman–Crippen LogP) is 2.49. The van der Waals surface area contributed by atoms with Gasteiger partial charge in [0.25, 0.3) is 5.56 Å². The Bertz CT molecular complexity index is 900. The summed E-state index contributed by atoms with van der Waals surface area (Å²) < 4.78 is 14.4. The van der Waals surface area contributed by atoms with Crippen LogP contribution in [0.1, 0.15) is 5.69 Å². The summed E-state index contributed by atoms with van der Waals surface area (Å²) in [5, 5.41) is 9.28. The van der Waals surface area contributed by atoms with Crippen molar-refractivity contribution in [2.24, 2.45) is 0 Å². The van der Waals surface area contributed by atoms with Gasteiger partial charge >= 0.3 is 0 Å². The molecule has 0 fully saturated rings. The van der Waals surface area contributed by atoms with E-state index in [0.717, 1.165) is 29.7 Å². The Hall–Kier alpha value is -2.69. The van der Waals surface area contributed by atoms with Gasteiger partial charge in [-0.25, -0.2) is 4.39 Å². The van der Waals surface area contributed by atoms with E-state index in [1.165, 1.54) is 16.8 Å². The van der Waals surface area contributed by atoms with Crippen molar-refractivity contribution in [2.75, 3.05) is 11.9 Å². The first-order chi connectivity index (χ1) is 10.2. The second-order valence-corrected chi connectivity index (χ2v) is 5.04. The maximum atomic E-state index is 13.0. The molecule has 0 radical (unpaired) electrons. The molecule has 1 aromatic heterocycles. The van der Waals surface area contributed by atoms with Crippen LogP contribution < -0.4 is 10.9 Å². The summed E-state index contributed by atoms with van der Waals surface area (Å²) in [6, 6.07) is 11.4. The lowest BCUT2D eigenvalue weighted by Gasteiger charge is -2.19. The lowest BCUT2D eigenvalue weighted by molar-refractivity contribution is 0.626. The maximum absolute atomic E-state index is 13.0. The van der Waals surface area contributed by atoms with E-state index in [1.807, 2.05) is 12.1 Å². The number of hydrogen-bond donors (Lipinski definition) is 1. The molecule has 4 nitrogen and oxygen atoms in total. The first kappa shape index (κ1) is 12.1. The Labute approximate surface area is 119 Å². The maximum Gasteiger partial charge on any atom is 0.279 e. The minimum atomic E-state index is -0.333. The summed E-state index contributed by atoms with van der Waals surface area (Å²) in [6.07, 6.45) is 0.759. The number of nitrogens with one attached hydrogen (secondary N) is 1. The summed E-state index contributed by atoms with van der Waals surface area (Å²) in [4.78, 5) is 12.6. The molecule has 21 heavy (non-hydrogen) atoms. The highest BCUT2D eigenvalue weighted by Crippen LogP contribution is 2.27. The van der Waals surface area contributed by atoms with Crippen molar-refractivity contribution < 1.29 is 4.39 Å². The average Bonchev–Trinajstić information content (AvgIpc) is 2.52. The van der Waals surface area contributed by atoms with E-state index < -0.39 is 0 Å². The Morgan fingerprint density at radius 3 is 2.76 bits per heavy atom. The minimum Gasteiger partial charge on any atom is -0.384 e. The van der Waals surface area contributed by atoms with Gasteiger partial charge in [-0.1, -0.05) is 6.07 Å². The zero-order chi connectivity index (χ0) is 14.4. The molecule has 104 valence electrons. The molecule has 0 atom stereocenters. The number of benzene rings is 2. The smallest absolute Gasteiger partial charge is 0.279 e. The second kappa shape index (κ2) is 4.41. The molecule has 4 rings (SSSR count). The number of aromatic nitrogens is 2. The molecule has 2 heterocycles. The summed E-state index contributed by atoms with van der Waals surface area (Å²) in [7, 11) is 0. The number of hydrogen-bond acceptors (Lipinski definition) is 3. The van der Waals surface area contributed by atoms with Crippen LogP contribution >= 0.6 is 0 Å². The lowest BCUT2D eigenvalue weighted by Crippen LogP contribution is -2.26. The van der Waals surface area contributed by atoms with Crippen LogP contribution in [-0.4, -0.2) is 16.3 Å². The average molecular weight is 281 g/mol. The molecule has 3 aromatic rings. The van der Waals surface area contributed by atoms with E-state index in [-0.39, 0.29) is 11.4 Å². The third-order valence-corrected chi connectivity index (χ3v) is 3.74. The highest BCUT2D eigenvalue weighted by atomic mass is 19.1. The zero-order valence-corrected chi connectivity index (χ0v) is 11.1. The third kappa shape index (κ3) is 1.81. The standard InChI is InChI=1S/C16H12FN3O/c17-10-4-6-11(7-5-10)20-16(21)12-2-1-3-13-15(12)14(19-20)8-9-18-13/h1-7,18H,8-9H2. The number of halogens is 1. The summed E-state index contributed by atoms with van der Waals surface area (Å²) in [6.45, 7) is 0.792. The van der Waals surface area contributed by atoms with Crippen molar-refractivity contribution >= 4 is 16.5 Å². The fourth-order valence-corrected chi connectivity index (χ4v) is 2.77. The van der Waals surface area contributed by atoms with Gasteiger partial charge in [0.1, 0.15) is 5.82 Å². The van der Waals surface area contributed by atoms with E-state index >= 15 is 0 Å². The van der Waals surface area contributed by atoms with Crippen molar-refractivity contribution in [3.63, 3.8) is 0 Å². The molecule has 2 aromatic carbocycles. The van der Waals surface area contributed by atoms with Gasteiger partial charge in [-0.3, -0.25) is 4.79 Å². The van der Waals surface area contributed by atoms with Crippen LogP contribution in [0.4, 0.5) is 10.1 Å². The normalized spacial score (nSPS) is 13.2. The van der Waals surface area contributed by atoms with Crippen LogP contribution in [0.5, 0.6) is 0 Å². The van der Waals surface area contributed by atoms with Crippen molar-refractivity contribution in [3.8, 4) is 5.69 Å². The van der Waals surface area contributed by atoms with E-state index in [4.69, 9.17) is 0 Å². The largest absolute Gasteiger partial charge is 0.384 e. The van der Waals surface area contributed by atoms with E-state index in [1.54, 1.807) is 18.2 Å². The molecule has 0 aliphatic carbocycles. The number of rotatable bonds is 1. The van der Waals surface area contributed by atoms with E-state index in [9.17, 15) is 9.18 Å². The van der Waals surface area contributed by atoms with Gasteiger partial charge in [0, 0.05) is 24.0 Å². The molecule has 0 unspecified atom stereocenters. The molecule has 1 aliphatic heterocycles. The van der Waals surface area contributed by atoms with Crippen LogP contribution in [0.15, 0.2) is 47.3 Å². The molecule has 0 saturated heterocycles. The van der Waals surface area contributed by atoms with Gasteiger partial charge in [-0.05, 0) is 36.4 Å². The van der Waals surface area contributed by atoms with Gasteiger partial charge < -0.3 is 5.32 Å². The van der Waals surface area contributed by atoms with Crippen LogP contribution in [-0.2, 0) is 6.42 Å². The predicted molar refractivity (Wildman–Crippen MR) is 79.5 cm³/mol. The second-order valence-electron chi connectivity index (χ2n) is 5.04. The topological polar surface area (TPSA) is 46.9 Å². The summed E-state index contributed by atoms with van der Waals surface area (Å²) >= 11 is 0. The zero-order valence-electron chi connectivity index (χ0n) is 11.1. The molecule has 1 N–H and O–H groups in total. The first-order valence-electron chi connectivity index (χ1n) is 6.79. The Morgan fingerprint density at radius 1 is 1.14 bits per heavy atom. The summed E-state index contributed by atoms with van der Waals surface area (Å²) in [5.41, 5.74) is 2.22. The van der Waals surface area contributed by atoms with Gasteiger partial charge in [0.05, 0.1) is 16.8 Å². The molecule has 0 spiro atoms. The van der Waals surface area contributed by atoms with Gasteiger partial charge in [0.2, 0.25) is 0 Å². The number of nitrogens with zero attached hydrogens (tertiary/aromatic N) is 2. The Morgan fingerprint density at radius 2 is 1.95 bits per heavy atom. The Balaban J connectivity index is 2.06. The molecule has 0 bridgehead atoms. The van der Waals surface area contributed by atoms with Crippen LogP contribution in [0.25, 0.3) is 16.5 Å². The van der Waals surface area contributed by atoms with Gasteiger partial charge in [0.15, 0.2) is 0 Å². The SMILES string of the molecule is O=c1c2cccc3c2c(nn1-c1ccc(F)cc1)CCN3. The molecular weight excluding hydrogens is 269 g/mol. The molecule has 0 saturated carbocycles. The van der Waals surface area contributed by atoms with Crippen LogP contribution in [0, 0.1) is 5.82 Å². The summed E-state index contributed by atoms with van der Waals surface area (Å²) in [5.74, 6) is -0.333. The Kier molecular flexibility index (Phi) is 2.54. The highest BCUT2D eigenvalue weighted by Gasteiger charge is 2.17. The van der Waals surface area contributed by atoms with Gasteiger partial charge in [-0.15, -0.1) is 0 Å². The number of anilines is 1. The van der Waals surface area contributed by atoms with Crippen LogP contribution in [0.2, 0.25) is 0 Å².